The molecule has 0 fully saturated rings. The van der Waals surface area contributed by atoms with Crippen LogP contribution >= 0.6 is 45.2 Å². The van der Waals surface area contributed by atoms with Gasteiger partial charge in [0.25, 0.3) is 0 Å². The van der Waals surface area contributed by atoms with E-state index in [2.05, 4.69) is 55.1 Å². The zero-order valence-electron chi connectivity index (χ0n) is 7.11. The Morgan fingerprint density at radius 2 is 1.21 bits per heavy atom. The number of pyridine rings is 2. The summed E-state index contributed by atoms with van der Waals surface area (Å²) in [4.78, 5) is 8.67. The molecule has 0 aromatic carbocycles. The van der Waals surface area contributed by atoms with Gasteiger partial charge in [0.2, 0.25) is 0 Å². The maximum absolute atomic E-state index is 4.33. The highest BCUT2D eigenvalue weighted by Gasteiger charge is 2.07. The SMILES string of the molecule is Ic1cccnc1-c1ncccc1I. The molecule has 0 aliphatic rings. The molecule has 2 aromatic heterocycles. The van der Waals surface area contributed by atoms with E-state index in [0.29, 0.717) is 0 Å². The Kier molecular flexibility index (Phi) is 3.32. The molecule has 0 aliphatic carbocycles. The summed E-state index contributed by atoms with van der Waals surface area (Å²) in [5.74, 6) is 0. The predicted molar refractivity (Wildman–Crippen MR) is 72.9 cm³/mol. The van der Waals surface area contributed by atoms with Crippen molar-refractivity contribution in [2.75, 3.05) is 0 Å². The fraction of sp³-hybridized carbons (Fsp3) is 0. The summed E-state index contributed by atoms with van der Waals surface area (Å²) in [6, 6.07) is 7.93. The molecule has 2 rings (SSSR count). The third-order valence-corrected chi connectivity index (χ3v) is 3.48. The molecule has 70 valence electrons. The van der Waals surface area contributed by atoms with Gasteiger partial charge in [0.05, 0.1) is 0 Å². The first kappa shape index (κ1) is 10.3. The van der Waals surface area contributed by atoms with Gasteiger partial charge in [0.1, 0.15) is 11.4 Å². The van der Waals surface area contributed by atoms with Gasteiger partial charge in [-0.15, -0.1) is 0 Å². The second kappa shape index (κ2) is 4.52. The molecule has 2 aromatic rings. The second-order valence-electron chi connectivity index (χ2n) is 2.67. The smallest absolute Gasteiger partial charge is 0.103 e. The average molecular weight is 408 g/mol. The molecule has 14 heavy (non-hydrogen) atoms. The molecular weight excluding hydrogens is 402 g/mol. The first-order chi connectivity index (χ1) is 6.79. The van der Waals surface area contributed by atoms with Crippen molar-refractivity contribution >= 4 is 45.2 Å². The van der Waals surface area contributed by atoms with E-state index in [9.17, 15) is 0 Å². The lowest BCUT2D eigenvalue weighted by Crippen LogP contribution is -1.92. The molecule has 0 N–H and O–H groups in total. The van der Waals surface area contributed by atoms with Crippen LogP contribution in [0.25, 0.3) is 11.4 Å². The highest BCUT2D eigenvalue weighted by atomic mass is 127. The number of halogens is 2. The quantitative estimate of drug-likeness (QED) is 0.677. The number of aromatic nitrogens is 2. The molecule has 0 amide bonds. The third kappa shape index (κ3) is 2.05. The molecule has 0 saturated carbocycles. The Balaban J connectivity index is 2.61. The Bertz CT molecular complexity index is 414. The molecule has 0 aliphatic heterocycles. The minimum atomic E-state index is 0.957. The van der Waals surface area contributed by atoms with Crippen LogP contribution in [0, 0.1) is 7.14 Å². The summed E-state index contributed by atoms with van der Waals surface area (Å²) in [6.45, 7) is 0. The van der Waals surface area contributed by atoms with Crippen LogP contribution in [-0.4, -0.2) is 9.97 Å². The first-order valence-corrected chi connectivity index (χ1v) is 6.16. The summed E-state index contributed by atoms with van der Waals surface area (Å²) in [5, 5.41) is 0. The van der Waals surface area contributed by atoms with E-state index in [1.54, 1.807) is 12.4 Å². The second-order valence-corrected chi connectivity index (χ2v) is 4.99. The van der Waals surface area contributed by atoms with E-state index in [4.69, 9.17) is 0 Å². The summed E-state index contributed by atoms with van der Waals surface area (Å²) < 4.78 is 2.25. The maximum Gasteiger partial charge on any atom is 0.103 e. The molecule has 0 atom stereocenters. The molecule has 0 unspecified atom stereocenters. The fourth-order valence-electron chi connectivity index (χ4n) is 1.12. The van der Waals surface area contributed by atoms with Crippen LogP contribution in [0.2, 0.25) is 0 Å². The number of nitrogens with zero attached hydrogens (tertiary/aromatic N) is 2. The Morgan fingerprint density at radius 1 is 0.786 bits per heavy atom. The zero-order valence-corrected chi connectivity index (χ0v) is 11.4. The van der Waals surface area contributed by atoms with Crippen LogP contribution in [0.5, 0.6) is 0 Å². The van der Waals surface area contributed by atoms with Crippen LogP contribution in [-0.2, 0) is 0 Å². The molecule has 4 heteroatoms. The largest absolute Gasteiger partial charge is 0.253 e. The van der Waals surface area contributed by atoms with Crippen LogP contribution in [0.3, 0.4) is 0 Å². The molecule has 0 bridgehead atoms. The lowest BCUT2D eigenvalue weighted by Gasteiger charge is -2.03. The summed E-state index contributed by atoms with van der Waals surface area (Å²) in [5.41, 5.74) is 1.91. The third-order valence-electron chi connectivity index (χ3n) is 1.74. The zero-order chi connectivity index (χ0) is 9.97. The van der Waals surface area contributed by atoms with E-state index >= 15 is 0 Å². The van der Waals surface area contributed by atoms with Gasteiger partial charge in [-0.2, -0.15) is 0 Å². The van der Waals surface area contributed by atoms with E-state index in [1.165, 1.54) is 0 Å². The molecule has 2 heterocycles. The van der Waals surface area contributed by atoms with E-state index < -0.39 is 0 Å². The van der Waals surface area contributed by atoms with E-state index in [-0.39, 0.29) is 0 Å². The van der Waals surface area contributed by atoms with E-state index in [1.807, 2.05) is 24.3 Å². The Hall–Kier alpha value is -0.240. The van der Waals surface area contributed by atoms with Crippen molar-refractivity contribution in [3.63, 3.8) is 0 Å². The standard InChI is InChI=1S/C10H6I2N2/c11-7-3-1-5-13-9(7)10-8(12)4-2-6-14-10/h1-6H. The summed E-state index contributed by atoms with van der Waals surface area (Å²) >= 11 is 4.55. The fourth-order valence-corrected chi connectivity index (χ4v) is 2.32. The van der Waals surface area contributed by atoms with Crippen molar-refractivity contribution in [2.45, 2.75) is 0 Å². The van der Waals surface area contributed by atoms with Crippen LogP contribution in [0.15, 0.2) is 36.7 Å². The summed E-state index contributed by atoms with van der Waals surface area (Å²) in [7, 11) is 0. The highest BCUT2D eigenvalue weighted by molar-refractivity contribution is 14.1. The molecule has 0 saturated heterocycles. The minimum Gasteiger partial charge on any atom is -0.253 e. The molecule has 0 radical (unpaired) electrons. The average Bonchev–Trinajstić information content (AvgIpc) is 2.20. The van der Waals surface area contributed by atoms with Crippen LogP contribution in [0.1, 0.15) is 0 Å². The molecular formula is C10H6I2N2. The first-order valence-electron chi connectivity index (χ1n) is 4.00. The van der Waals surface area contributed by atoms with Crippen LogP contribution < -0.4 is 0 Å². The number of hydrogen-bond acceptors (Lipinski definition) is 2. The molecule has 2 nitrogen and oxygen atoms in total. The van der Waals surface area contributed by atoms with E-state index in [0.717, 1.165) is 18.5 Å². The van der Waals surface area contributed by atoms with Gasteiger partial charge < -0.3 is 0 Å². The highest BCUT2D eigenvalue weighted by Crippen LogP contribution is 2.24. The van der Waals surface area contributed by atoms with Crippen molar-refractivity contribution < 1.29 is 0 Å². The molecule has 0 spiro atoms. The van der Waals surface area contributed by atoms with Gasteiger partial charge in [0, 0.05) is 19.5 Å². The van der Waals surface area contributed by atoms with Crippen molar-refractivity contribution in [3.8, 4) is 11.4 Å². The van der Waals surface area contributed by atoms with Gasteiger partial charge >= 0.3 is 0 Å². The predicted octanol–water partition coefficient (Wildman–Crippen LogP) is 3.35. The Morgan fingerprint density at radius 3 is 1.57 bits per heavy atom. The normalized spacial score (nSPS) is 10.1. The number of hydrogen-bond donors (Lipinski definition) is 0. The Labute approximate surface area is 109 Å². The number of rotatable bonds is 1. The van der Waals surface area contributed by atoms with Crippen molar-refractivity contribution in [1.82, 2.24) is 9.97 Å². The topological polar surface area (TPSA) is 25.8 Å². The van der Waals surface area contributed by atoms with Crippen molar-refractivity contribution in [1.29, 1.82) is 0 Å². The van der Waals surface area contributed by atoms with Crippen molar-refractivity contribution in [2.24, 2.45) is 0 Å². The van der Waals surface area contributed by atoms with Gasteiger partial charge in [0.15, 0.2) is 0 Å². The maximum atomic E-state index is 4.33. The summed E-state index contributed by atoms with van der Waals surface area (Å²) in [6.07, 6.45) is 3.59. The van der Waals surface area contributed by atoms with Gasteiger partial charge in [-0.3, -0.25) is 9.97 Å². The lowest BCUT2D eigenvalue weighted by atomic mass is 10.2. The minimum absolute atomic E-state index is 0.957. The van der Waals surface area contributed by atoms with Gasteiger partial charge in [-0.1, -0.05) is 0 Å². The van der Waals surface area contributed by atoms with Crippen LogP contribution in [0.4, 0.5) is 0 Å². The van der Waals surface area contributed by atoms with Gasteiger partial charge in [-0.25, -0.2) is 0 Å². The lowest BCUT2D eigenvalue weighted by molar-refractivity contribution is 1.22. The van der Waals surface area contributed by atoms with Crippen molar-refractivity contribution in [3.05, 3.63) is 43.8 Å². The van der Waals surface area contributed by atoms with Gasteiger partial charge in [-0.05, 0) is 69.4 Å². The monoisotopic (exact) mass is 408 g/mol.